The average Bonchev–Trinajstić information content (AvgIpc) is 3.17. The lowest BCUT2D eigenvalue weighted by Crippen LogP contribution is -2.13. The summed E-state index contributed by atoms with van der Waals surface area (Å²) in [7, 11) is 0. The number of ether oxygens (including phenoxy) is 2. The third-order valence-electron chi connectivity index (χ3n) is 4.90. The van der Waals surface area contributed by atoms with E-state index < -0.39 is 0 Å². The molecule has 0 aromatic heterocycles. The summed E-state index contributed by atoms with van der Waals surface area (Å²) in [6, 6.07) is 4.79. The van der Waals surface area contributed by atoms with Gasteiger partial charge in [0.25, 0.3) is 0 Å². The van der Waals surface area contributed by atoms with Gasteiger partial charge in [0.2, 0.25) is 11.8 Å². The molecule has 4 nitrogen and oxygen atoms in total. The van der Waals surface area contributed by atoms with E-state index >= 15 is 0 Å². The maximum Gasteiger partial charge on any atom is 0.216 e. The number of aliphatic imine (C=N–C) groups is 2. The quantitative estimate of drug-likeness (QED) is 0.841. The van der Waals surface area contributed by atoms with Crippen LogP contribution in [-0.2, 0) is 9.47 Å². The van der Waals surface area contributed by atoms with Gasteiger partial charge < -0.3 is 9.47 Å². The molecule has 0 amide bonds. The SMILES string of the molecule is Cc1cc(C2=NC(C(C)C)CO2)c(C)c(C2=NC(C(C)C)CO2)c1. The molecule has 2 unspecified atom stereocenters. The summed E-state index contributed by atoms with van der Waals surface area (Å²) in [4.78, 5) is 9.57. The van der Waals surface area contributed by atoms with Crippen LogP contribution in [0.1, 0.15) is 49.9 Å². The van der Waals surface area contributed by atoms with Crippen LogP contribution in [0.4, 0.5) is 0 Å². The van der Waals surface area contributed by atoms with Crippen LogP contribution in [0.5, 0.6) is 0 Å². The second kappa shape index (κ2) is 6.58. The van der Waals surface area contributed by atoms with Gasteiger partial charge in [-0.3, -0.25) is 0 Å². The van der Waals surface area contributed by atoms with Crippen LogP contribution in [0, 0.1) is 25.7 Å². The van der Waals surface area contributed by atoms with E-state index in [1.165, 1.54) is 5.56 Å². The van der Waals surface area contributed by atoms with Crippen molar-refractivity contribution in [1.29, 1.82) is 0 Å². The number of aryl methyl sites for hydroxylation is 1. The van der Waals surface area contributed by atoms with E-state index in [4.69, 9.17) is 19.5 Å². The van der Waals surface area contributed by atoms with Gasteiger partial charge in [-0.2, -0.15) is 0 Å². The summed E-state index contributed by atoms with van der Waals surface area (Å²) in [6.45, 7) is 14.3. The third-order valence-corrected chi connectivity index (χ3v) is 4.90. The fourth-order valence-electron chi connectivity index (χ4n) is 3.06. The second-order valence-corrected chi connectivity index (χ2v) is 7.60. The standard InChI is InChI=1S/C20H28N2O2/c1-11(2)17-9-23-19(21-17)15-7-13(5)8-16(14(15)6)20-22-18(10-24-20)12(3)4/h7-8,11-12,17-18H,9-10H2,1-6H3. The van der Waals surface area contributed by atoms with Crippen LogP contribution < -0.4 is 0 Å². The van der Waals surface area contributed by atoms with Gasteiger partial charge in [0.15, 0.2) is 0 Å². The summed E-state index contributed by atoms with van der Waals surface area (Å²) in [6.07, 6.45) is 0. The molecule has 0 N–H and O–H groups in total. The zero-order valence-electron chi connectivity index (χ0n) is 15.6. The Kier molecular flexibility index (Phi) is 4.66. The highest BCUT2D eigenvalue weighted by atomic mass is 16.5. The van der Waals surface area contributed by atoms with Gasteiger partial charge in [-0.1, -0.05) is 27.7 Å². The first-order valence-electron chi connectivity index (χ1n) is 8.90. The van der Waals surface area contributed by atoms with Crippen molar-refractivity contribution in [1.82, 2.24) is 0 Å². The Morgan fingerprint density at radius 1 is 0.833 bits per heavy atom. The van der Waals surface area contributed by atoms with Gasteiger partial charge in [-0.05, 0) is 48.9 Å². The number of hydrogen-bond donors (Lipinski definition) is 0. The number of hydrogen-bond acceptors (Lipinski definition) is 4. The summed E-state index contributed by atoms with van der Waals surface area (Å²) in [5.74, 6) is 2.49. The maximum absolute atomic E-state index is 5.90. The molecule has 2 heterocycles. The molecule has 1 aromatic rings. The summed E-state index contributed by atoms with van der Waals surface area (Å²) in [5, 5.41) is 0. The fraction of sp³-hybridized carbons (Fsp3) is 0.600. The Bertz CT molecular complexity index is 634. The van der Waals surface area contributed by atoms with Crippen LogP contribution in [-0.4, -0.2) is 37.1 Å². The molecular formula is C20H28N2O2. The molecule has 2 atom stereocenters. The zero-order chi connectivity index (χ0) is 17.4. The van der Waals surface area contributed by atoms with E-state index in [2.05, 4.69) is 53.7 Å². The van der Waals surface area contributed by atoms with Crippen molar-refractivity contribution in [2.24, 2.45) is 21.8 Å². The van der Waals surface area contributed by atoms with E-state index in [-0.39, 0.29) is 12.1 Å². The topological polar surface area (TPSA) is 43.2 Å². The minimum Gasteiger partial charge on any atom is -0.475 e. The Hall–Kier alpha value is -1.84. The molecule has 24 heavy (non-hydrogen) atoms. The Labute approximate surface area is 145 Å². The van der Waals surface area contributed by atoms with E-state index in [1.807, 2.05) is 0 Å². The van der Waals surface area contributed by atoms with E-state index in [9.17, 15) is 0 Å². The molecule has 0 bridgehead atoms. The highest BCUT2D eigenvalue weighted by Crippen LogP contribution is 2.26. The van der Waals surface area contributed by atoms with E-state index in [0.717, 1.165) is 28.5 Å². The summed E-state index contributed by atoms with van der Waals surface area (Å²) in [5.41, 5.74) is 4.43. The molecular weight excluding hydrogens is 300 g/mol. The van der Waals surface area contributed by atoms with Crippen molar-refractivity contribution in [2.45, 2.75) is 53.6 Å². The van der Waals surface area contributed by atoms with Crippen molar-refractivity contribution >= 4 is 11.8 Å². The van der Waals surface area contributed by atoms with Crippen LogP contribution in [0.3, 0.4) is 0 Å². The largest absolute Gasteiger partial charge is 0.475 e. The maximum atomic E-state index is 5.90. The lowest BCUT2D eigenvalue weighted by atomic mass is 9.98. The van der Waals surface area contributed by atoms with E-state index in [1.54, 1.807) is 0 Å². The molecule has 3 rings (SSSR count). The molecule has 130 valence electrons. The smallest absolute Gasteiger partial charge is 0.216 e. The highest BCUT2D eigenvalue weighted by Gasteiger charge is 2.28. The average molecular weight is 328 g/mol. The first kappa shape index (κ1) is 17.0. The van der Waals surface area contributed by atoms with Crippen molar-refractivity contribution < 1.29 is 9.47 Å². The lowest BCUT2D eigenvalue weighted by molar-refractivity contribution is 0.291. The van der Waals surface area contributed by atoms with Gasteiger partial charge >= 0.3 is 0 Å². The predicted octanol–water partition coefficient (Wildman–Crippen LogP) is 3.91. The van der Waals surface area contributed by atoms with Crippen molar-refractivity contribution in [3.63, 3.8) is 0 Å². The Morgan fingerprint density at radius 3 is 1.58 bits per heavy atom. The number of benzene rings is 1. The fourth-order valence-corrected chi connectivity index (χ4v) is 3.06. The van der Waals surface area contributed by atoms with Gasteiger partial charge in [0.05, 0.1) is 12.1 Å². The molecule has 0 spiro atoms. The van der Waals surface area contributed by atoms with Crippen LogP contribution in [0.15, 0.2) is 22.1 Å². The Morgan fingerprint density at radius 2 is 1.25 bits per heavy atom. The predicted molar refractivity (Wildman–Crippen MR) is 98.1 cm³/mol. The lowest BCUT2D eigenvalue weighted by Gasteiger charge is -2.12. The molecule has 4 heteroatoms. The first-order valence-corrected chi connectivity index (χ1v) is 8.90. The van der Waals surface area contributed by atoms with Gasteiger partial charge in [0, 0.05) is 11.1 Å². The monoisotopic (exact) mass is 328 g/mol. The van der Waals surface area contributed by atoms with Crippen molar-refractivity contribution in [3.8, 4) is 0 Å². The summed E-state index contributed by atoms with van der Waals surface area (Å²) < 4.78 is 11.8. The van der Waals surface area contributed by atoms with Gasteiger partial charge in [0.1, 0.15) is 13.2 Å². The first-order chi connectivity index (χ1) is 11.4. The molecule has 0 saturated heterocycles. The molecule has 0 saturated carbocycles. The molecule has 0 fully saturated rings. The van der Waals surface area contributed by atoms with Crippen LogP contribution in [0.25, 0.3) is 0 Å². The summed E-state index contributed by atoms with van der Waals surface area (Å²) >= 11 is 0. The number of nitrogens with zero attached hydrogens (tertiary/aromatic N) is 2. The van der Waals surface area contributed by atoms with Gasteiger partial charge in [-0.25, -0.2) is 9.98 Å². The Balaban J connectivity index is 1.98. The molecule has 0 radical (unpaired) electrons. The normalized spacial score (nSPS) is 23.3. The number of rotatable bonds is 4. The third kappa shape index (κ3) is 3.19. The highest BCUT2D eigenvalue weighted by molar-refractivity contribution is 6.03. The van der Waals surface area contributed by atoms with Gasteiger partial charge in [-0.15, -0.1) is 0 Å². The molecule has 1 aromatic carbocycles. The van der Waals surface area contributed by atoms with Crippen molar-refractivity contribution in [2.75, 3.05) is 13.2 Å². The minimum absolute atomic E-state index is 0.244. The zero-order valence-corrected chi connectivity index (χ0v) is 15.6. The second-order valence-electron chi connectivity index (χ2n) is 7.60. The van der Waals surface area contributed by atoms with E-state index in [0.29, 0.717) is 25.0 Å². The molecule has 0 aliphatic carbocycles. The minimum atomic E-state index is 0.244. The molecule has 2 aliphatic heterocycles. The van der Waals surface area contributed by atoms with Crippen LogP contribution >= 0.6 is 0 Å². The van der Waals surface area contributed by atoms with Crippen LogP contribution in [0.2, 0.25) is 0 Å². The molecule has 2 aliphatic rings. The van der Waals surface area contributed by atoms with Crippen molar-refractivity contribution in [3.05, 3.63) is 34.4 Å².